The van der Waals surface area contributed by atoms with Crippen LogP contribution in [0.2, 0.25) is 0 Å². The van der Waals surface area contributed by atoms with Crippen LogP contribution in [-0.2, 0) is 24.9 Å². The van der Waals surface area contributed by atoms with Crippen LogP contribution in [0.1, 0.15) is 68.9 Å². The van der Waals surface area contributed by atoms with Crippen molar-refractivity contribution < 1.29 is 19.8 Å². The summed E-state index contributed by atoms with van der Waals surface area (Å²) >= 11 is 1.50. The number of amides is 2. The van der Waals surface area contributed by atoms with Gasteiger partial charge in [0, 0.05) is 47.9 Å². The number of aliphatic hydroxyl groups excluding tert-OH is 1. The van der Waals surface area contributed by atoms with Crippen molar-refractivity contribution in [2.24, 2.45) is 0 Å². The van der Waals surface area contributed by atoms with Crippen molar-refractivity contribution in [2.75, 3.05) is 13.6 Å². The molecule has 0 aliphatic rings. The van der Waals surface area contributed by atoms with Crippen LogP contribution < -0.4 is 10.6 Å². The zero-order valence-corrected chi connectivity index (χ0v) is 26.8. The monoisotopic (exact) mass is 614 g/mol. The number of nitrogens with one attached hydrogen (secondary N) is 2. The van der Waals surface area contributed by atoms with Gasteiger partial charge in [0.1, 0.15) is 10.8 Å². The van der Waals surface area contributed by atoms with Crippen LogP contribution >= 0.6 is 11.3 Å². The van der Waals surface area contributed by atoms with Crippen molar-refractivity contribution in [2.45, 2.75) is 64.8 Å². The summed E-state index contributed by atoms with van der Waals surface area (Å²) in [6.45, 7) is 9.19. The Morgan fingerprint density at radius 3 is 2.41 bits per heavy atom. The molecule has 0 radical (unpaired) electrons. The topological polar surface area (TPSA) is 115 Å². The Labute approximate surface area is 263 Å². The Bertz CT molecular complexity index is 1560. The number of phenolic OH excluding ortho intramolecular Hbond substituents is 1. The number of carbonyl (C=O) groups excluding carboxylic acids is 2. The third-order valence-corrected chi connectivity index (χ3v) is 8.40. The largest absolute Gasteiger partial charge is 0.508 e. The predicted octanol–water partition coefficient (Wildman–Crippen LogP) is 5.22. The van der Waals surface area contributed by atoms with Gasteiger partial charge in [0.15, 0.2) is 0 Å². The molecule has 0 saturated carbocycles. The minimum Gasteiger partial charge on any atom is -0.508 e. The van der Waals surface area contributed by atoms with Gasteiger partial charge in [0.05, 0.1) is 18.7 Å². The summed E-state index contributed by atoms with van der Waals surface area (Å²) in [4.78, 5) is 32.6. The molecule has 0 aliphatic heterocycles. The molecular formula is C35H42N4O4S. The number of hydrogen-bond donors (Lipinski definition) is 4. The third-order valence-electron chi connectivity index (χ3n) is 7.45. The minimum absolute atomic E-state index is 0.0647. The van der Waals surface area contributed by atoms with Crippen LogP contribution in [0.4, 0.5) is 0 Å². The fourth-order valence-electron chi connectivity index (χ4n) is 4.86. The van der Waals surface area contributed by atoms with E-state index in [-0.39, 0.29) is 29.5 Å². The molecule has 4 aromatic rings. The van der Waals surface area contributed by atoms with Gasteiger partial charge in [0.2, 0.25) is 0 Å². The minimum atomic E-state index is -0.926. The number of rotatable bonds is 12. The first-order chi connectivity index (χ1) is 20.9. The van der Waals surface area contributed by atoms with Crippen LogP contribution in [0, 0.1) is 6.92 Å². The number of carbonyl (C=O) groups is 2. The molecule has 44 heavy (non-hydrogen) atoms. The zero-order chi connectivity index (χ0) is 31.9. The van der Waals surface area contributed by atoms with Crippen LogP contribution in [-0.4, -0.2) is 57.6 Å². The molecule has 1 aromatic heterocycles. The average molecular weight is 615 g/mol. The van der Waals surface area contributed by atoms with E-state index in [0.717, 1.165) is 27.4 Å². The second-order valence-corrected chi connectivity index (χ2v) is 13.1. The molecule has 0 aliphatic carbocycles. The van der Waals surface area contributed by atoms with Crippen molar-refractivity contribution in [1.29, 1.82) is 0 Å². The summed E-state index contributed by atoms with van der Waals surface area (Å²) in [6, 6.07) is 21.3. The highest BCUT2D eigenvalue weighted by molar-refractivity contribution is 7.09. The lowest BCUT2D eigenvalue weighted by Crippen LogP contribution is -2.48. The Morgan fingerprint density at radius 1 is 1.00 bits per heavy atom. The summed E-state index contributed by atoms with van der Waals surface area (Å²) in [5, 5.41) is 30.7. The van der Waals surface area contributed by atoms with E-state index in [9.17, 15) is 19.8 Å². The van der Waals surface area contributed by atoms with Gasteiger partial charge in [-0.1, -0.05) is 69.3 Å². The molecule has 9 heteroatoms. The highest BCUT2D eigenvalue weighted by Crippen LogP contribution is 2.27. The normalized spacial score (nSPS) is 12.9. The Hall–Kier alpha value is -4.05. The molecule has 0 bridgehead atoms. The second-order valence-electron chi connectivity index (χ2n) is 12.2. The number of aromatic nitrogens is 1. The molecule has 0 saturated heterocycles. The number of benzene rings is 3. The number of phenols is 1. The number of nitrogens with zero attached hydrogens (tertiary/aromatic N) is 2. The molecule has 3 aromatic carbocycles. The van der Waals surface area contributed by atoms with E-state index in [4.69, 9.17) is 0 Å². The van der Waals surface area contributed by atoms with Gasteiger partial charge in [-0.25, -0.2) is 4.98 Å². The van der Waals surface area contributed by atoms with Crippen LogP contribution in [0.25, 0.3) is 0 Å². The summed E-state index contributed by atoms with van der Waals surface area (Å²) < 4.78 is 0. The van der Waals surface area contributed by atoms with Gasteiger partial charge in [0.25, 0.3) is 11.8 Å². The van der Waals surface area contributed by atoms with Gasteiger partial charge >= 0.3 is 0 Å². The van der Waals surface area contributed by atoms with Gasteiger partial charge in [-0.2, -0.15) is 0 Å². The van der Waals surface area contributed by atoms with E-state index in [2.05, 4.69) is 36.4 Å². The van der Waals surface area contributed by atoms with Crippen molar-refractivity contribution in [3.05, 3.63) is 117 Å². The lowest BCUT2D eigenvalue weighted by molar-refractivity contribution is 0.0784. The van der Waals surface area contributed by atoms with Gasteiger partial charge in [-0.15, -0.1) is 11.3 Å². The van der Waals surface area contributed by atoms with Gasteiger partial charge in [-0.05, 0) is 54.2 Å². The molecule has 1 heterocycles. The summed E-state index contributed by atoms with van der Waals surface area (Å²) in [6.07, 6.45) is -0.515. The highest BCUT2D eigenvalue weighted by atomic mass is 32.1. The van der Waals surface area contributed by atoms with Crippen molar-refractivity contribution in [1.82, 2.24) is 20.5 Å². The second kappa shape index (κ2) is 14.6. The molecule has 0 spiro atoms. The quantitative estimate of drug-likeness (QED) is 0.174. The Morgan fingerprint density at radius 2 is 1.73 bits per heavy atom. The van der Waals surface area contributed by atoms with E-state index in [1.807, 2.05) is 54.8 Å². The molecule has 4 rings (SSSR count). The van der Waals surface area contributed by atoms with Crippen LogP contribution in [0.3, 0.4) is 0 Å². The summed E-state index contributed by atoms with van der Waals surface area (Å²) in [5.74, 6) is -0.402. The molecule has 2 atom stereocenters. The maximum atomic E-state index is 13.5. The number of aryl methyl sites for hydroxylation is 1. The molecule has 232 valence electrons. The standard InChI is InChI=1S/C35H42N4O4S/c1-23-22-44-32(37-23)21-39(5)34(43)26-13-9-12-25(17-26)33(42)38-29(16-24-10-7-6-8-11-24)31(41)20-36-19-27-18-28(35(2,3)4)14-15-30(27)40/h6-15,17-18,22,29,31,36,40-41H,16,19-21H2,1-5H3,(H,38,42)/t29-,31+/m0/s1. The maximum Gasteiger partial charge on any atom is 0.253 e. The number of aromatic hydroxyl groups is 1. The SMILES string of the molecule is Cc1csc(CN(C)C(=O)c2cccc(C(=O)N[C@@H](Cc3ccccc3)[C@H](O)CNCc3cc(C(C)(C)C)ccc3O)c2)n1. The fraction of sp³-hybridized carbons (Fsp3) is 0.343. The Kier molecular flexibility index (Phi) is 10.9. The molecule has 8 nitrogen and oxygen atoms in total. The zero-order valence-electron chi connectivity index (χ0n) is 26.0. The van der Waals surface area contributed by atoms with Crippen LogP contribution in [0.15, 0.2) is 78.2 Å². The van der Waals surface area contributed by atoms with E-state index in [1.54, 1.807) is 42.3 Å². The van der Waals surface area contributed by atoms with Crippen molar-refractivity contribution in [3.63, 3.8) is 0 Å². The lowest BCUT2D eigenvalue weighted by atomic mass is 9.86. The molecule has 0 unspecified atom stereocenters. The molecule has 2 amide bonds. The first-order valence-corrected chi connectivity index (χ1v) is 15.6. The van der Waals surface area contributed by atoms with E-state index < -0.39 is 12.1 Å². The highest BCUT2D eigenvalue weighted by Gasteiger charge is 2.24. The maximum absolute atomic E-state index is 13.5. The van der Waals surface area contributed by atoms with Crippen molar-refractivity contribution in [3.8, 4) is 5.75 Å². The smallest absolute Gasteiger partial charge is 0.253 e. The average Bonchev–Trinajstić information content (AvgIpc) is 3.41. The lowest BCUT2D eigenvalue weighted by Gasteiger charge is -2.25. The van der Waals surface area contributed by atoms with Gasteiger partial charge in [-0.3, -0.25) is 9.59 Å². The van der Waals surface area contributed by atoms with Crippen molar-refractivity contribution >= 4 is 23.2 Å². The molecule has 4 N–H and O–H groups in total. The summed E-state index contributed by atoms with van der Waals surface area (Å²) in [5.41, 5.74) is 4.39. The molecule has 0 fully saturated rings. The molecular weight excluding hydrogens is 572 g/mol. The summed E-state index contributed by atoms with van der Waals surface area (Å²) in [7, 11) is 1.71. The number of thiazole rings is 1. The first kappa shape index (κ1) is 32.9. The number of aliphatic hydroxyl groups is 1. The number of hydrogen-bond acceptors (Lipinski definition) is 7. The predicted molar refractivity (Wildman–Crippen MR) is 175 cm³/mol. The van der Waals surface area contributed by atoms with Gasteiger partial charge < -0.3 is 25.7 Å². The van der Waals surface area contributed by atoms with E-state index in [1.165, 1.54) is 11.3 Å². The van der Waals surface area contributed by atoms with Crippen LogP contribution in [0.5, 0.6) is 5.75 Å². The first-order valence-electron chi connectivity index (χ1n) is 14.7. The third kappa shape index (κ3) is 8.98. The fourth-order valence-corrected chi connectivity index (χ4v) is 5.68. The van der Waals surface area contributed by atoms with E-state index >= 15 is 0 Å². The Balaban J connectivity index is 1.44. The van der Waals surface area contributed by atoms with E-state index in [0.29, 0.717) is 30.6 Å².